The fraction of sp³-hybridized carbons (Fsp3) is 0.375. The van der Waals surface area contributed by atoms with Crippen molar-refractivity contribution in [2.45, 2.75) is 41.5 Å². The molecule has 2 aliphatic rings. The van der Waals surface area contributed by atoms with Gasteiger partial charge >= 0.3 is 5.97 Å². The molecule has 2 atom stereocenters. The first-order valence-electron chi connectivity index (χ1n) is 10.8. The number of alkyl halides is 2. The molecule has 11 heteroatoms. The summed E-state index contributed by atoms with van der Waals surface area (Å²) in [6.45, 7) is 0. The minimum Gasteiger partial charge on any atom is -0.467 e. The van der Waals surface area contributed by atoms with Crippen molar-refractivity contribution < 1.29 is 19.1 Å². The Balaban J connectivity index is 1.51. The third kappa shape index (κ3) is 5.23. The highest BCUT2D eigenvalue weighted by atomic mass is 35.5. The highest BCUT2D eigenvalue weighted by Crippen LogP contribution is 2.65. The Bertz CT molecular complexity index is 1180. The summed E-state index contributed by atoms with van der Waals surface area (Å²) in [7, 11) is 1.29. The fourth-order valence-electron chi connectivity index (χ4n) is 4.66. The van der Waals surface area contributed by atoms with Crippen molar-refractivity contribution in [1.29, 1.82) is 0 Å². The monoisotopic (exact) mass is 576 g/mol. The lowest BCUT2D eigenvalue weighted by molar-refractivity contribution is -0.148. The predicted molar refractivity (Wildman–Crippen MR) is 138 cm³/mol. The predicted octanol–water partition coefficient (Wildman–Crippen LogP) is 6.39. The second-order valence-electron chi connectivity index (χ2n) is 8.75. The number of halogens is 5. The third-order valence-corrected chi connectivity index (χ3v) is 8.15. The zero-order valence-electron chi connectivity index (χ0n) is 18.5. The molecule has 2 N–H and O–H groups in total. The van der Waals surface area contributed by atoms with E-state index in [1.165, 1.54) is 19.2 Å². The van der Waals surface area contributed by atoms with Gasteiger partial charge < -0.3 is 15.4 Å². The topological polar surface area (TPSA) is 84.5 Å². The van der Waals surface area contributed by atoms with Crippen LogP contribution in [0.5, 0.6) is 0 Å². The van der Waals surface area contributed by atoms with Crippen molar-refractivity contribution in [2.24, 2.45) is 5.92 Å². The first-order chi connectivity index (χ1) is 16.5. The first-order valence-corrected chi connectivity index (χ1v) is 12.7. The number of amides is 2. The number of hydrogen-bond donors (Lipinski definition) is 2. The van der Waals surface area contributed by atoms with Crippen LogP contribution in [-0.2, 0) is 14.3 Å². The molecule has 0 spiro atoms. The summed E-state index contributed by atoms with van der Waals surface area (Å²) >= 11 is 31.3. The Morgan fingerprint density at radius 3 is 2.20 bits per heavy atom. The van der Waals surface area contributed by atoms with Crippen LogP contribution in [0.1, 0.15) is 47.5 Å². The molecule has 0 aliphatic heterocycles. The molecule has 2 aromatic rings. The van der Waals surface area contributed by atoms with Gasteiger partial charge in [-0.3, -0.25) is 9.59 Å². The van der Waals surface area contributed by atoms with Gasteiger partial charge in [-0.05, 0) is 54.8 Å². The van der Waals surface area contributed by atoms with E-state index in [1.54, 1.807) is 24.3 Å². The summed E-state index contributed by atoms with van der Waals surface area (Å²) in [5.41, 5.74) is -0.0165. The molecule has 2 fully saturated rings. The van der Waals surface area contributed by atoms with E-state index in [4.69, 9.17) is 62.7 Å². The number of esters is 1. The van der Waals surface area contributed by atoms with Crippen LogP contribution in [0.3, 0.4) is 0 Å². The zero-order valence-corrected chi connectivity index (χ0v) is 22.2. The lowest BCUT2D eigenvalue weighted by Crippen LogP contribution is -2.53. The van der Waals surface area contributed by atoms with Crippen molar-refractivity contribution in [1.82, 2.24) is 5.32 Å². The standard InChI is InChI=1S/C24H21Cl5N2O4/c1-35-22(34)23(6-2-3-7-23)31-20(32)16-11-15(4-5-17(16)27)30-21(33)19-18(24(19,28)29)12-8-13(25)10-14(26)9-12/h4-5,8-11,18-19H,2-3,6-7H2,1H3,(H,30,33)(H,31,32). The quantitative estimate of drug-likeness (QED) is 0.307. The van der Waals surface area contributed by atoms with Gasteiger partial charge in [-0.2, -0.15) is 0 Å². The average molecular weight is 579 g/mol. The number of hydrogen-bond acceptors (Lipinski definition) is 4. The molecule has 0 aromatic heterocycles. The van der Waals surface area contributed by atoms with Crippen LogP contribution in [0.15, 0.2) is 36.4 Å². The number of carbonyl (C=O) groups is 3. The Morgan fingerprint density at radius 1 is 0.971 bits per heavy atom. The smallest absolute Gasteiger partial charge is 0.331 e. The molecule has 2 unspecified atom stereocenters. The van der Waals surface area contributed by atoms with Gasteiger partial charge in [-0.25, -0.2) is 4.79 Å². The van der Waals surface area contributed by atoms with E-state index in [-0.39, 0.29) is 10.6 Å². The van der Waals surface area contributed by atoms with Crippen molar-refractivity contribution in [3.8, 4) is 0 Å². The maximum Gasteiger partial charge on any atom is 0.331 e. The zero-order chi connectivity index (χ0) is 25.5. The molecule has 0 bridgehead atoms. The Kier molecular flexibility index (Phi) is 7.52. The molecule has 186 valence electrons. The lowest BCUT2D eigenvalue weighted by atomic mass is 9.97. The number of nitrogens with one attached hydrogen (secondary N) is 2. The number of benzene rings is 2. The van der Waals surface area contributed by atoms with E-state index in [9.17, 15) is 14.4 Å². The van der Waals surface area contributed by atoms with E-state index >= 15 is 0 Å². The molecule has 6 nitrogen and oxygen atoms in total. The number of rotatable bonds is 6. The second kappa shape index (κ2) is 9.98. The number of carbonyl (C=O) groups excluding carboxylic acids is 3. The molecule has 2 amide bonds. The summed E-state index contributed by atoms with van der Waals surface area (Å²) < 4.78 is 3.56. The Labute approximate surface area is 227 Å². The summed E-state index contributed by atoms with van der Waals surface area (Å²) in [5.74, 6) is -2.76. The minimum atomic E-state index is -1.35. The first kappa shape index (κ1) is 26.4. The highest BCUT2D eigenvalue weighted by Gasteiger charge is 2.67. The van der Waals surface area contributed by atoms with Gasteiger partial charge in [-0.15, -0.1) is 23.2 Å². The maximum absolute atomic E-state index is 13.1. The van der Waals surface area contributed by atoms with E-state index in [2.05, 4.69) is 10.6 Å². The van der Waals surface area contributed by atoms with Gasteiger partial charge in [0, 0.05) is 21.7 Å². The third-order valence-electron chi connectivity index (χ3n) is 6.44. The van der Waals surface area contributed by atoms with Gasteiger partial charge in [-0.1, -0.05) is 47.6 Å². The van der Waals surface area contributed by atoms with Crippen molar-refractivity contribution in [3.63, 3.8) is 0 Å². The van der Waals surface area contributed by atoms with Gasteiger partial charge in [0.05, 0.1) is 23.6 Å². The molecular weight excluding hydrogens is 558 g/mol. The van der Waals surface area contributed by atoms with E-state index in [1.807, 2.05) is 0 Å². The van der Waals surface area contributed by atoms with E-state index in [0.29, 0.717) is 34.1 Å². The molecule has 2 aromatic carbocycles. The normalized spacial score (nSPS) is 21.8. The minimum absolute atomic E-state index is 0.108. The van der Waals surface area contributed by atoms with Crippen LogP contribution in [0.25, 0.3) is 0 Å². The summed E-state index contributed by atoms with van der Waals surface area (Å²) in [6.07, 6.45) is 2.53. The molecule has 2 saturated carbocycles. The van der Waals surface area contributed by atoms with E-state index < -0.39 is 39.5 Å². The van der Waals surface area contributed by atoms with Crippen molar-refractivity contribution in [3.05, 3.63) is 62.6 Å². The molecular formula is C24H21Cl5N2O4. The molecule has 4 rings (SSSR count). The maximum atomic E-state index is 13.1. The van der Waals surface area contributed by atoms with Crippen molar-refractivity contribution >= 4 is 81.5 Å². The summed E-state index contributed by atoms with van der Waals surface area (Å²) in [5, 5.41) is 6.51. The van der Waals surface area contributed by atoms with Gasteiger partial charge in [0.1, 0.15) is 9.87 Å². The Hall–Kier alpha value is -1.70. The Morgan fingerprint density at radius 2 is 1.60 bits per heavy atom. The number of ether oxygens (including phenoxy) is 1. The molecule has 0 saturated heterocycles. The number of anilines is 1. The largest absolute Gasteiger partial charge is 0.467 e. The number of methoxy groups -OCH3 is 1. The van der Waals surface area contributed by atoms with Crippen LogP contribution in [-0.4, -0.2) is 34.8 Å². The van der Waals surface area contributed by atoms with Crippen molar-refractivity contribution in [2.75, 3.05) is 12.4 Å². The van der Waals surface area contributed by atoms with Crippen LogP contribution in [0.4, 0.5) is 5.69 Å². The molecule has 2 aliphatic carbocycles. The second-order valence-corrected chi connectivity index (χ2v) is 11.5. The SMILES string of the molecule is COC(=O)C1(NC(=O)c2cc(NC(=O)C3C(c4cc(Cl)cc(Cl)c4)C3(Cl)Cl)ccc2Cl)CCCC1. The summed E-state index contributed by atoms with van der Waals surface area (Å²) in [6, 6.07) is 9.38. The lowest BCUT2D eigenvalue weighted by Gasteiger charge is -2.27. The van der Waals surface area contributed by atoms with Gasteiger partial charge in [0.15, 0.2) is 0 Å². The molecule has 0 heterocycles. The molecule has 35 heavy (non-hydrogen) atoms. The van der Waals surface area contributed by atoms with Crippen LogP contribution < -0.4 is 10.6 Å². The fourth-order valence-corrected chi connectivity index (χ4v) is 6.23. The van der Waals surface area contributed by atoms with E-state index in [0.717, 1.165) is 12.8 Å². The molecule has 0 radical (unpaired) electrons. The average Bonchev–Trinajstić information content (AvgIpc) is 3.11. The summed E-state index contributed by atoms with van der Waals surface area (Å²) in [4.78, 5) is 38.4. The van der Waals surface area contributed by atoms with Gasteiger partial charge in [0.2, 0.25) is 5.91 Å². The van der Waals surface area contributed by atoms with Crippen LogP contribution >= 0.6 is 58.0 Å². The highest BCUT2D eigenvalue weighted by molar-refractivity contribution is 6.53. The van der Waals surface area contributed by atoms with Crippen LogP contribution in [0.2, 0.25) is 15.1 Å². The van der Waals surface area contributed by atoms with Gasteiger partial charge in [0.25, 0.3) is 5.91 Å². The van der Waals surface area contributed by atoms with Crippen LogP contribution in [0, 0.1) is 5.92 Å².